The van der Waals surface area contributed by atoms with Gasteiger partial charge in [-0.15, -0.1) is 0 Å². The average Bonchev–Trinajstić information content (AvgIpc) is 3.41. The average molecular weight is 760 g/mol. The van der Waals surface area contributed by atoms with Crippen LogP contribution in [-0.2, 0) is 19.1 Å². The summed E-state index contributed by atoms with van der Waals surface area (Å²) < 4.78 is 6.17. The number of hydrogen-bond donors (Lipinski definition) is 1. The summed E-state index contributed by atoms with van der Waals surface area (Å²) in [6.45, 7) is 19.2. The summed E-state index contributed by atoms with van der Waals surface area (Å²) in [4.78, 5) is 61.3. The number of ether oxygens (including phenoxy) is 1. The fourth-order valence-corrected chi connectivity index (χ4v) is 13.2. The highest BCUT2D eigenvalue weighted by Gasteiger charge is 2.66. The molecule has 55 heavy (non-hydrogen) atoms. The van der Waals surface area contributed by atoms with Crippen molar-refractivity contribution in [1.82, 2.24) is 14.8 Å². The van der Waals surface area contributed by atoms with E-state index in [1.54, 1.807) is 26.1 Å². The van der Waals surface area contributed by atoms with Crippen LogP contribution in [0.4, 0.5) is 0 Å². The minimum atomic E-state index is -1.16. The van der Waals surface area contributed by atoms with Crippen molar-refractivity contribution in [2.24, 2.45) is 56.7 Å². The Morgan fingerprint density at radius 1 is 0.927 bits per heavy atom. The minimum Gasteiger partial charge on any atom is -0.481 e. The maximum absolute atomic E-state index is 14.1. The molecule has 1 amide bonds. The zero-order valence-electron chi connectivity index (χ0n) is 35.5. The first-order chi connectivity index (χ1) is 25.7. The molecule has 0 bridgehead atoms. The standard InChI is InChI=1S/C46H69N3O6/c1-29(2)38-33(50)27-46(22-24-49(26-25-48(9)10)40(52)32-13-11-12-23-47-32)21-16-31-30(39(38)46)14-15-35-44(31,7)19-17-34-43(5,6)36(18-20-45(34,35)8)55-37(51)28-42(3,4)41(53)54/h11-13,23,29-31,34-36H,14-22,24-28H2,1-10H3,(H,53,54). The molecule has 5 aliphatic rings. The van der Waals surface area contributed by atoms with Crippen molar-refractivity contribution in [2.45, 2.75) is 132 Å². The number of carboxylic acid groups (broad SMARTS) is 1. The fourth-order valence-electron chi connectivity index (χ4n) is 13.2. The zero-order valence-corrected chi connectivity index (χ0v) is 35.5. The number of fused-ring (bicyclic) bond motifs is 7. The summed E-state index contributed by atoms with van der Waals surface area (Å²) in [6.07, 6.45) is 11.0. The molecular weight excluding hydrogens is 691 g/mol. The number of carbonyl (C=O) groups is 4. The highest BCUT2D eigenvalue weighted by atomic mass is 16.5. The lowest BCUT2D eigenvalue weighted by Gasteiger charge is -2.69. The number of ketones is 1. The number of amides is 1. The lowest BCUT2D eigenvalue weighted by molar-refractivity contribution is -0.213. The first-order valence-electron chi connectivity index (χ1n) is 21.2. The van der Waals surface area contributed by atoms with Gasteiger partial charge in [-0.05, 0) is 144 Å². The van der Waals surface area contributed by atoms with Crippen LogP contribution in [0.15, 0.2) is 35.5 Å². The van der Waals surface area contributed by atoms with E-state index in [4.69, 9.17) is 4.74 Å². The third-order valence-corrected chi connectivity index (χ3v) is 16.0. The van der Waals surface area contributed by atoms with E-state index in [-0.39, 0.29) is 46.0 Å². The monoisotopic (exact) mass is 760 g/mol. The number of carboxylic acids is 1. The van der Waals surface area contributed by atoms with Gasteiger partial charge < -0.3 is 19.6 Å². The van der Waals surface area contributed by atoms with Gasteiger partial charge in [0.25, 0.3) is 5.91 Å². The van der Waals surface area contributed by atoms with Crippen molar-refractivity contribution in [3.8, 4) is 0 Å². The molecule has 0 aliphatic heterocycles. The minimum absolute atomic E-state index is 0.0407. The topological polar surface area (TPSA) is 117 Å². The number of hydrogen-bond acceptors (Lipinski definition) is 7. The third kappa shape index (κ3) is 7.34. The summed E-state index contributed by atoms with van der Waals surface area (Å²) in [5.41, 5.74) is 1.64. The third-order valence-electron chi connectivity index (χ3n) is 16.0. The van der Waals surface area contributed by atoms with Crippen LogP contribution in [0.25, 0.3) is 0 Å². The second kappa shape index (κ2) is 15.0. The number of nitrogens with zero attached hydrogens (tertiary/aromatic N) is 3. The predicted molar refractivity (Wildman–Crippen MR) is 214 cm³/mol. The highest BCUT2D eigenvalue weighted by molar-refractivity contribution is 6.00. The Morgan fingerprint density at radius 2 is 1.64 bits per heavy atom. The number of aromatic nitrogens is 1. The molecule has 1 aromatic rings. The van der Waals surface area contributed by atoms with E-state index in [0.29, 0.717) is 54.7 Å². The van der Waals surface area contributed by atoms with E-state index < -0.39 is 17.4 Å². The molecule has 9 nitrogen and oxygen atoms in total. The first-order valence-corrected chi connectivity index (χ1v) is 21.2. The number of aliphatic carboxylic acids is 1. The van der Waals surface area contributed by atoms with Gasteiger partial charge in [0.1, 0.15) is 11.8 Å². The first kappa shape index (κ1) is 41.6. The molecule has 4 fully saturated rings. The van der Waals surface area contributed by atoms with Gasteiger partial charge in [0.2, 0.25) is 0 Å². The van der Waals surface area contributed by atoms with Crippen molar-refractivity contribution in [2.75, 3.05) is 33.7 Å². The zero-order chi connectivity index (χ0) is 40.3. The molecular formula is C46H69N3O6. The molecule has 0 radical (unpaired) electrons. The lowest BCUT2D eigenvalue weighted by atomic mass is 9.36. The van der Waals surface area contributed by atoms with E-state index >= 15 is 0 Å². The van der Waals surface area contributed by atoms with Gasteiger partial charge in [-0.25, -0.2) is 0 Å². The smallest absolute Gasteiger partial charge is 0.309 e. The number of pyridine rings is 1. The lowest BCUT2D eigenvalue weighted by Crippen LogP contribution is -2.63. The maximum Gasteiger partial charge on any atom is 0.309 e. The van der Waals surface area contributed by atoms with Crippen molar-refractivity contribution >= 4 is 23.6 Å². The van der Waals surface area contributed by atoms with Crippen LogP contribution in [0.5, 0.6) is 0 Å². The van der Waals surface area contributed by atoms with Crippen LogP contribution < -0.4 is 0 Å². The quantitative estimate of drug-likeness (QED) is 0.211. The molecule has 0 saturated heterocycles. The molecule has 1 N–H and O–H groups in total. The normalized spacial score (nSPS) is 34.1. The molecule has 1 heterocycles. The highest BCUT2D eigenvalue weighted by Crippen LogP contribution is 2.73. The van der Waals surface area contributed by atoms with Crippen LogP contribution in [0.2, 0.25) is 0 Å². The van der Waals surface area contributed by atoms with Gasteiger partial charge in [-0.3, -0.25) is 24.2 Å². The number of likely N-dealkylation sites (N-methyl/N-ethyl adjacent to an activating group) is 1. The Morgan fingerprint density at radius 3 is 2.27 bits per heavy atom. The largest absolute Gasteiger partial charge is 0.481 e. The Balaban J connectivity index is 1.25. The summed E-state index contributed by atoms with van der Waals surface area (Å²) in [5.74, 6) is 0.855. The van der Waals surface area contributed by atoms with Crippen molar-refractivity contribution in [1.29, 1.82) is 0 Å². The van der Waals surface area contributed by atoms with Gasteiger partial charge in [0, 0.05) is 43.1 Å². The fraction of sp³-hybridized carbons (Fsp3) is 0.761. The SMILES string of the molecule is CC(C)C1=C2C3CCC4C(C)(CCC5C(C)(C)C(OC(=O)CC(C)(C)C(=O)O)CCC54C)C3CCC2(CCN(CCN(C)C)C(=O)c2ccccn2)CC1=O. The number of Topliss-reactive ketones (excluding diaryl/α,β-unsaturated/α-hetero) is 1. The van der Waals surface area contributed by atoms with Gasteiger partial charge in [0.05, 0.1) is 11.8 Å². The van der Waals surface area contributed by atoms with Crippen LogP contribution in [-0.4, -0.2) is 83.4 Å². The number of rotatable bonds is 12. The van der Waals surface area contributed by atoms with Gasteiger partial charge in [-0.1, -0.05) is 53.2 Å². The number of allylic oxidation sites excluding steroid dienone is 2. The number of carbonyl (C=O) groups excluding carboxylic acids is 3. The molecule has 4 saturated carbocycles. The summed E-state index contributed by atoms with van der Waals surface area (Å²) in [6, 6.07) is 5.51. The molecule has 8 unspecified atom stereocenters. The van der Waals surface area contributed by atoms with Crippen molar-refractivity contribution < 1.29 is 29.0 Å². The van der Waals surface area contributed by atoms with Crippen molar-refractivity contribution in [3.05, 3.63) is 41.2 Å². The maximum atomic E-state index is 14.1. The van der Waals surface area contributed by atoms with Gasteiger partial charge in [0.15, 0.2) is 5.78 Å². The van der Waals surface area contributed by atoms with Crippen LogP contribution in [0, 0.1) is 56.7 Å². The Kier molecular flexibility index (Phi) is 11.4. The van der Waals surface area contributed by atoms with E-state index in [0.717, 1.165) is 69.9 Å². The molecule has 0 spiro atoms. The summed E-state index contributed by atoms with van der Waals surface area (Å²) in [7, 11) is 4.07. The van der Waals surface area contributed by atoms with E-state index in [1.807, 2.05) is 31.1 Å². The van der Waals surface area contributed by atoms with Gasteiger partial charge in [-0.2, -0.15) is 0 Å². The van der Waals surface area contributed by atoms with E-state index in [2.05, 4.69) is 51.4 Å². The van der Waals surface area contributed by atoms with Crippen LogP contribution in [0.1, 0.15) is 137 Å². The molecule has 1 aromatic heterocycles. The van der Waals surface area contributed by atoms with Gasteiger partial charge >= 0.3 is 11.9 Å². The van der Waals surface area contributed by atoms with E-state index in [1.165, 1.54) is 5.57 Å². The van der Waals surface area contributed by atoms with Crippen molar-refractivity contribution in [3.63, 3.8) is 0 Å². The molecule has 0 aromatic carbocycles. The van der Waals surface area contributed by atoms with Crippen LogP contribution in [0.3, 0.4) is 0 Å². The molecule has 9 heteroatoms. The summed E-state index contributed by atoms with van der Waals surface area (Å²) in [5, 5.41) is 9.62. The molecule has 304 valence electrons. The summed E-state index contributed by atoms with van der Waals surface area (Å²) >= 11 is 0. The Hall–Kier alpha value is -3.07. The predicted octanol–water partition coefficient (Wildman–Crippen LogP) is 8.48. The van der Waals surface area contributed by atoms with Crippen LogP contribution >= 0.6 is 0 Å². The Bertz CT molecular complexity index is 1680. The second-order valence-corrected chi connectivity index (χ2v) is 20.6. The molecule has 6 rings (SSSR count). The Labute approximate surface area is 330 Å². The second-order valence-electron chi connectivity index (χ2n) is 20.6. The van der Waals surface area contributed by atoms with E-state index in [9.17, 15) is 24.3 Å². The number of esters is 1. The molecule has 5 aliphatic carbocycles. The molecule has 8 atom stereocenters.